The lowest BCUT2D eigenvalue weighted by Gasteiger charge is -2.28. The predicted molar refractivity (Wildman–Crippen MR) is 48.7 cm³/mol. The van der Waals surface area contributed by atoms with Crippen LogP contribution in [0.1, 0.15) is 0 Å². The van der Waals surface area contributed by atoms with Gasteiger partial charge in [0.2, 0.25) is 0 Å². The van der Waals surface area contributed by atoms with E-state index in [0.29, 0.717) is 0 Å². The molecule has 1 aliphatic rings. The summed E-state index contributed by atoms with van der Waals surface area (Å²) in [6, 6.07) is 0. The van der Waals surface area contributed by atoms with E-state index < -0.39 is 12.1 Å². The Labute approximate surface area is 86.3 Å². The third kappa shape index (κ3) is 7.15. The van der Waals surface area contributed by atoms with Gasteiger partial charge in [-0.1, -0.05) is 0 Å². The molecule has 1 aliphatic heterocycles. The fourth-order valence-electron chi connectivity index (χ4n) is 0.906. The molecule has 0 amide bonds. The van der Waals surface area contributed by atoms with E-state index in [0.717, 1.165) is 0 Å². The van der Waals surface area contributed by atoms with Gasteiger partial charge in [0.25, 0.3) is 0 Å². The van der Waals surface area contributed by atoms with E-state index in [9.17, 15) is 13.2 Å². The third-order valence-electron chi connectivity index (χ3n) is 1.97. The van der Waals surface area contributed by atoms with Gasteiger partial charge in [0.1, 0.15) is 0 Å². The molecule has 0 saturated carbocycles. The number of rotatable bonds is 0. The van der Waals surface area contributed by atoms with Gasteiger partial charge in [0.15, 0.2) is 0 Å². The maximum absolute atomic E-state index is 10.6. The Morgan fingerprint density at radius 1 is 1.07 bits per heavy atom. The molecule has 0 spiro atoms. The van der Waals surface area contributed by atoms with Crippen molar-refractivity contribution in [3.05, 3.63) is 0 Å². The average molecular weight is 228 g/mol. The van der Waals surface area contributed by atoms with Gasteiger partial charge < -0.3 is 14.9 Å². The summed E-state index contributed by atoms with van der Waals surface area (Å²) in [5.41, 5.74) is 0. The van der Waals surface area contributed by atoms with Gasteiger partial charge >= 0.3 is 12.1 Å². The molecule has 0 atom stereocenters. The molecule has 4 nitrogen and oxygen atoms in total. The second kappa shape index (κ2) is 5.92. The minimum Gasteiger partial charge on any atom is -0.475 e. The smallest absolute Gasteiger partial charge is 0.475 e. The van der Waals surface area contributed by atoms with Crippen LogP contribution >= 0.6 is 0 Å². The van der Waals surface area contributed by atoms with Gasteiger partial charge in [0, 0.05) is 26.2 Å². The van der Waals surface area contributed by atoms with Gasteiger partial charge in [-0.3, -0.25) is 0 Å². The zero-order chi connectivity index (χ0) is 12.1. The van der Waals surface area contributed by atoms with Crippen molar-refractivity contribution in [2.45, 2.75) is 6.18 Å². The van der Waals surface area contributed by atoms with Crippen LogP contribution in [0.15, 0.2) is 0 Å². The molecule has 7 heteroatoms. The molecule has 0 aromatic rings. The van der Waals surface area contributed by atoms with E-state index in [1.165, 1.54) is 26.2 Å². The Bertz CT molecular complexity index is 191. The number of piperazine rings is 1. The summed E-state index contributed by atoms with van der Waals surface area (Å²) >= 11 is 0. The Morgan fingerprint density at radius 2 is 1.27 bits per heavy atom. The Kier molecular flexibility index (Phi) is 5.59. The van der Waals surface area contributed by atoms with Crippen LogP contribution in [0.2, 0.25) is 0 Å². The lowest BCUT2D eigenvalue weighted by Crippen LogP contribution is -2.42. The van der Waals surface area contributed by atoms with Crippen molar-refractivity contribution in [2.24, 2.45) is 0 Å². The summed E-state index contributed by atoms with van der Waals surface area (Å²) in [6.45, 7) is 4.93. The number of halogens is 3. The molecule has 0 aromatic carbocycles. The molecule has 1 fully saturated rings. The highest BCUT2D eigenvalue weighted by molar-refractivity contribution is 5.73. The summed E-state index contributed by atoms with van der Waals surface area (Å²) in [7, 11) is 4.35. The quantitative estimate of drug-likeness (QED) is 0.655. The fraction of sp³-hybridized carbons (Fsp3) is 0.875. The highest BCUT2D eigenvalue weighted by Gasteiger charge is 2.38. The molecular formula is C8H15F3N2O2. The van der Waals surface area contributed by atoms with E-state index >= 15 is 0 Å². The van der Waals surface area contributed by atoms with Gasteiger partial charge in [-0.2, -0.15) is 13.2 Å². The molecule has 0 bridgehead atoms. The molecule has 1 heterocycles. The number of carbonyl (C=O) groups is 1. The standard InChI is InChI=1S/C6H14N2.C2HF3O2/c1-7-3-5-8(2)6-4-7;3-2(4,5)1(6)7/h3-6H2,1-2H3;(H,6,7). The van der Waals surface area contributed by atoms with Gasteiger partial charge in [-0.15, -0.1) is 0 Å². The van der Waals surface area contributed by atoms with Crippen LogP contribution in [0.5, 0.6) is 0 Å². The first kappa shape index (κ1) is 14.2. The maximum atomic E-state index is 10.6. The van der Waals surface area contributed by atoms with E-state index in [1.54, 1.807) is 0 Å². The normalized spacial score (nSPS) is 19.3. The number of hydrogen-bond acceptors (Lipinski definition) is 3. The highest BCUT2D eigenvalue weighted by Crippen LogP contribution is 2.13. The van der Waals surface area contributed by atoms with Crippen molar-refractivity contribution in [1.29, 1.82) is 0 Å². The van der Waals surface area contributed by atoms with E-state index in [-0.39, 0.29) is 0 Å². The first-order chi connectivity index (χ1) is 6.73. The minimum absolute atomic E-state index is 1.23. The van der Waals surface area contributed by atoms with Crippen LogP contribution in [-0.2, 0) is 4.79 Å². The summed E-state index contributed by atoms with van der Waals surface area (Å²) in [5, 5.41) is 7.12. The molecule has 0 radical (unpaired) electrons. The molecular weight excluding hydrogens is 213 g/mol. The highest BCUT2D eigenvalue weighted by atomic mass is 19.4. The SMILES string of the molecule is CN1CCN(C)CC1.O=C(O)C(F)(F)F. The second-order valence-electron chi connectivity index (χ2n) is 3.41. The number of hydrogen-bond donors (Lipinski definition) is 1. The molecule has 1 N–H and O–H groups in total. The topological polar surface area (TPSA) is 43.8 Å². The number of carboxylic acid groups (broad SMARTS) is 1. The molecule has 15 heavy (non-hydrogen) atoms. The number of carboxylic acids is 1. The average Bonchev–Trinajstić information content (AvgIpc) is 2.09. The molecule has 0 aromatic heterocycles. The molecule has 0 aliphatic carbocycles. The number of alkyl halides is 3. The van der Waals surface area contributed by atoms with Gasteiger partial charge in [-0.25, -0.2) is 4.79 Å². The number of likely N-dealkylation sites (N-methyl/N-ethyl adjacent to an activating group) is 2. The van der Waals surface area contributed by atoms with Crippen molar-refractivity contribution in [3.63, 3.8) is 0 Å². The van der Waals surface area contributed by atoms with E-state index in [1.807, 2.05) is 0 Å². The lowest BCUT2D eigenvalue weighted by molar-refractivity contribution is -0.192. The summed E-state index contributed by atoms with van der Waals surface area (Å²) in [4.78, 5) is 13.6. The van der Waals surface area contributed by atoms with Crippen LogP contribution in [0.4, 0.5) is 13.2 Å². The first-order valence-corrected chi connectivity index (χ1v) is 4.40. The molecule has 90 valence electrons. The van der Waals surface area contributed by atoms with E-state index in [4.69, 9.17) is 9.90 Å². The largest absolute Gasteiger partial charge is 0.490 e. The molecule has 0 unspecified atom stereocenters. The van der Waals surface area contributed by atoms with Crippen LogP contribution in [-0.4, -0.2) is 67.3 Å². The van der Waals surface area contributed by atoms with Crippen molar-refractivity contribution in [2.75, 3.05) is 40.3 Å². The first-order valence-electron chi connectivity index (χ1n) is 4.40. The number of aliphatic carboxylic acids is 1. The third-order valence-corrected chi connectivity index (χ3v) is 1.97. The van der Waals surface area contributed by atoms with Crippen LogP contribution in [0.25, 0.3) is 0 Å². The lowest BCUT2D eigenvalue weighted by atomic mass is 10.4. The summed E-state index contributed by atoms with van der Waals surface area (Å²) in [5.74, 6) is -2.76. The fourth-order valence-corrected chi connectivity index (χ4v) is 0.906. The van der Waals surface area contributed by atoms with Crippen LogP contribution in [0.3, 0.4) is 0 Å². The van der Waals surface area contributed by atoms with Gasteiger partial charge in [0.05, 0.1) is 0 Å². The van der Waals surface area contributed by atoms with Crippen LogP contribution in [0, 0.1) is 0 Å². The Hall–Kier alpha value is -0.820. The molecule has 1 saturated heterocycles. The van der Waals surface area contributed by atoms with Crippen LogP contribution < -0.4 is 0 Å². The van der Waals surface area contributed by atoms with Crippen molar-refractivity contribution >= 4 is 5.97 Å². The van der Waals surface area contributed by atoms with Gasteiger partial charge in [-0.05, 0) is 14.1 Å². The summed E-state index contributed by atoms with van der Waals surface area (Å²) < 4.78 is 31.7. The number of nitrogens with zero attached hydrogens (tertiary/aromatic N) is 2. The minimum atomic E-state index is -5.08. The predicted octanol–water partition coefficient (Wildman–Crippen LogP) is 0.497. The molecule has 1 rings (SSSR count). The van der Waals surface area contributed by atoms with Crippen molar-refractivity contribution < 1.29 is 23.1 Å². The Balaban J connectivity index is 0.000000265. The monoisotopic (exact) mass is 228 g/mol. The maximum Gasteiger partial charge on any atom is 0.490 e. The zero-order valence-electron chi connectivity index (χ0n) is 8.71. The van der Waals surface area contributed by atoms with E-state index in [2.05, 4.69) is 23.9 Å². The zero-order valence-corrected chi connectivity index (χ0v) is 8.71. The Morgan fingerprint density at radius 3 is 1.40 bits per heavy atom. The van der Waals surface area contributed by atoms with Crippen molar-refractivity contribution in [1.82, 2.24) is 9.80 Å². The van der Waals surface area contributed by atoms with Crippen molar-refractivity contribution in [3.8, 4) is 0 Å². The second-order valence-corrected chi connectivity index (χ2v) is 3.41. The summed E-state index contributed by atoms with van der Waals surface area (Å²) in [6.07, 6.45) is -5.08.